The number of carbonyl (C=O) groups excluding carboxylic acids is 2. The monoisotopic (exact) mass is 305 g/mol. The topological polar surface area (TPSA) is 68.5 Å². The molecule has 6 heteroatoms. The fraction of sp³-hybridized carbons (Fsp3) is 0.200. The van der Waals surface area contributed by atoms with Crippen LogP contribution in [0.15, 0.2) is 52.0 Å². The van der Waals surface area contributed by atoms with Crippen LogP contribution in [-0.2, 0) is 9.53 Å². The number of ether oxygens (including phenoxy) is 1. The van der Waals surface area contributed by atoms with Crippen LogP contribution in [0.1, 0.15) is 17.5 Å². The highest BCUT2D eigenvalue weighted by molar-refractivity contribution is 8.00. The van der Waals surface area contributed by atoms with E-state index in [4.69, 9.17) is 9.15 Å². The first kappa shape index (κ1) is 15.2. The summed E-state index contributed by atoms with van der Waals surface area (Å²) in [5.74, 6) is -0.0803. The second kappa shape index (κ2) is 7.54. The SMILES string of the molecule is CCOC(=O)CSc1cccc(NC(=O)c2ccco2)c1. The van der Waals surface area contributed by atoms with E-state index < -0.39 is 0 Å². The Labute approximate surface area is 126 Å². The van der Waals surface area contributed by atoms with Gasteiger partial charge in [0, 0.05) is 10.6 Å². The molecule has 0 atom stereocenters. The summed E-state index contributed by atoms with van der Waals surface area (Å²) < 4.78 is 9.89. The molecular weight excluding hydrogens is 290 g/mol. The van der Waals surface area contributed by atoms with Gasteiger partial charge in [-0.05, 0) is 37.3 Å². The normalized spacial score (nSPS) is 10.1. The Morgan fingerprint density at radius 2 is 2.14 bits per heavy atom. The van der Waals surface area contributed by atoms with E-state index in [2.05, 4.69) is 5.32 Å². The van der Waals surface area contributed by atoms with E-state index in [1.165, 1.54) is 18.0 Å². The smallest absolute Gasteiger partial charge is 0.316 e. The first-order valence-electron chi connectivity index (χ1n) is 6.42. The molecule has 2 rings (SSSR count). The summed E-state index contributed by atoms with van der Waals surface area (Å²) in [4.78, 5) is 24.0. The largest absolute Gasteiger partial charge is 0.465 e. The van der Waals surface area contributed by atoms with Gasteiger partial charge in [0.1, 0.15) is 0 Å². The zero-order chi connectivity index (χ0) is 15.1. The van der Waals surface area contributed by atoms with E-state index in [9.17, 15) is 9.59 Å². The van der Waals surface area contributed by atoms with Gasteiger partial charge in [0.15, 0.2) is 5.76 Å². The Bertz CT molecular complexity index is 610. The average molecular weight is 305 g/mol. The van der Waals surface area contributed by atoms with E-state index in [0.29, 0.717) is 12.3 Å². The van der Waals surface area contributed by atoms with E-state index in [0.717, 1.165) is 4.90 Å². The van der Waals surface area contributed by atoms with Crippen molar-refractivity contribution in [2.24, 2.45) is 0 Å². The zero-order valence-electron chi connectivity index (χ0n) is 11.5. The number of rotatable bonds is 6. The first-order valence-corrected chi connectivity index (χ1v) is 7.41. The van der Waals surface area contributed by atoms with Gasteiger partial charge in [-0.3, -0.25) is 9.59 Å². The van der Waals surface area contributed by atoms with E-state index >= 15 is 0 Å². The van der Waals surface area contributed by atoms with Crippen molar-refractivity contribution in [3.05, 3.63) is 48.4 Å². The van der Waals surface area contributed by atoms with Crippen LogP contribution >= 0.6 is 11.8 Å². The van der Waals surface area contributed by atoms with Crippen molar-refractivity contribution >= 4 is 29.3 Å². The quantitative estimate of drug-likeness (QED) is 0.655. The van der Waals surface area contributed by atoms with Gasteiger partial charge in [0.2, 0.25) is 0 Å². The minimum absolute atomic E-state index is 0.240. The molecule has 1 aromatic heterocycles. The van der Waals surface area contributed by atoms with Crippen molar-refractivity contribution in [1.82, 2.24) is 0 Å². The van der Waals surface area contributed by atoms with Gasteiger partial charge in [-0.1, -0.05) is 6.07 Å². The number of esters is 1. The lowest BCUT2D eigenvalue weighted by atomic mass is 10.3. The molecule has 0 saturated carbocycles. The number of benzene rings is 1. The van der Waals surface area contributed by atoms with Gasteiger partial charge in [0.05, 0.1) is 18.6 Å². The highest BCUT2D eigenvalue weighted by Crippen LogP contribution is 2.22. The molecule has 0 radical (unpaired) electrons. The van der Waals surface area contributed by atoms with Crippen molar-refractivity contribution in [2.75, 3.05) is 17.7 Å². The van der Waals surface area contributed by atoms with Crippen LogP contribution in [0, 0.1) is 0 Å². The maximum Gasteiger partial charge on any atom is 0.316 e. The van der Waals surface area contributed by atoms with Crippen LogP contribution in [0.2, 0.25) is 0 Å². The van der Waals surface area contributed by atoms with Gasteiger partial charge < -0.3 is 14.5 Å². The highest BCUT2D eigenvalue weighted by atomic mass is 32.2. The summed E-state index contributed by atoms with van der Waals surface area (Å²) in [5, 5.41) is 2.74. The second-order valence-corrected chi connectivity index (χ2v) is 5.10. The maximum absolute atomic E-state index is 11.9. The third-order valence-electron chi connectivity index (χ3n) is 2.50. The predicted molar refractivity (Wildman–Crippen MR) is 80.5 cm³/mol. The van der Waals surface area contributed by atoms with Crippen molar-refractivity contribution in [2.45, 2.75) is 11.8 Å². The molecule has 1 heterocycles. The number of anilines is 1. The molecule has 0 aliphatic carbocycles. The number of hydrogen-bond acceptors (Lipinski definition) is 5. The molecule has 0 saturated heterocycles. The van der Waals surface area contributed by atoms with Crippen LogP contribution in [0.5, 0.6) is 0 Å². The number of thioether (sulfide) groups is 1. The summed E-state index contributed by atoms with van der Waals surface area (Å²) in [6, 6.07) is 10.5. The molecule has 0 fully saturated rings. The molecule has 1 N–H and O–H groups in total. The Morgan fingerprint density at radius 1 is 1.29 bits per heavy atom. The first-order chi connectivity index (χ1) is 10.2. The summed E-state index contributed by atoms with van der Waals surface area (Å²) in [6.45, 7) is 2.14. The molecule has 2 aromatic rings. The maximum atomic E-state index is 11.9. The van der Waals surface area contributed by atoms with Gasteiger partial charge in [-0.25, -0.2) is 0 Å². The third kappa shape index (κ3) is 4.68. The summed E-state index contributed by atoms with van der Waals surface area (Å²) >= 11 is 1.36. The molecule has 0 bridgehead atoms. The van der Waals surface area contributed by atoms with Crippen molar-refractivity contribution < 1.29 is 18.7 Å². The van der Waals surface area contributed by atoms with E-state index in [1.54, 1.807) is 31.2 Å². The average Bonchev–Trinajstić information content (AvgIpc) is 3.00. The molecule has 110 valence electrons. The van der Waals surface area contributed by atoms with Crippen LogP contribution < -0.4 is 5.32 Å². The fourth-order valence-corrected chi connectivity index (χ4v) is 2.36. The molecule has 5 nitrogen and oxygen atoms in total. The van der Waals surface area contributed by atoms with Crippen LogP contribution in [0.3, 0.4) is 0 Å². The van der Waals surface area contributed by atoms with Crippen molar-refractivity contribution in [3.8, 4) is 0 Å². The number of hydrogen-bond donors (Lipinski definition) is 1. The van der Waals surface area contributed by atoms with Gasteiger partial charge >= 0.3 is 5.97 Å². The molecule has 0 aliphatic heterocycles. The number of nitrogens with one attached hydrogen (secondary N) is 1. The summed E-state index contributed by atoms with van der Waals surface area (Å²) in [6.07, 6.45) is 1.44. The Kier molecular flexibility index (Phi) is 5.45. The third-order valence-corrected chi connectivity index (χ3v) is 3.47. The molecule has 21 heavy (non-hydrogen) atoms. The lowest BCUT2D eigenvalue weighted by molar-refractivity contribution is -0.139. The zero-order valence-corrected chi connectivity index (χ0v) is 12.3. The lowest BCUT2D eigenvalue weighted by Crippen LogP contribution is -2.10. The molecule has 0 unspecified atom stereocenters. The molecule has 0 spiro atoms. The van der Waals surface area contributed by atoms with Crippen LogP contribution in [0.25, 0.3) is 0 Å². The molecule has 1 aromatic carbocycles. The number of carbonyl (C=O) groups is 2. The molecular formula is C15H15NO4S. The number of furan rings is 1. The standard InChI is InChI=1S/C15H15NO4S/c1-2-19-14(17)10-21-12-6-3-5-11(9-12)16-15(18)13-7-4-8-20-13/h3-9H,2,10H2,1H3,(H,16,18). The van der Waals surface area contributed by atoms with Gasteiger partial charge in [-0.2, -0.15) is 0 Å². The minimum atomic E-state index is -0.312. The number of amides is 1. The Morgan fingerprint density at radius 3 is 2.86 bits per heavy atom. The summed E-state index contributed by atoms with van der Waals surface area (Å²) in [7, 11) is 0. The minimum Gasteiger partial charge on any atom is -0.465 e. The fourth-order valence-electron chi connectivity index (χ4n) is 1.61. The highest BCUT2D eigenvalue weighted by Gasteiger charge is 2.09. The Balaban J connectivity index is 1.94. The van der Waals surface area contributed by atoms with Gasteiger partial charge in [-0.15, -0.1) is 11.8 Å². The molecule has 1 amide bonds. The van der Waals surface area contributed by atoms with Gasteiger partial charge in [0.25, 0.3) is 5.91 Å². The predicted octanol–water partition coefficient (Wildman–Crippen LogP) is 3.19. The van der Waals surface area contributed by atoms with Crippen LogP contribution in [0.4, 0.5) is 5.69 Å². The van der Waals surface area contributed by atoms with E-state index in [-0.39, 0.29) is 23.4 Å². The summed E-state index contributed by atoms with van der Waals surface area (Å²) in [5.41, 5.74) is 0.644. The van der Waals surface area contributed by atoms with Crippen molar-refractivity contribution in [3.63, 3.8) is 0 Å². The lowest BCUT2D eigenvalue weighted by Gasteiger charge is -2.06. The van der Waals surface area contributed by atoms with E-state index in [1.807, 2.05) is 12.1 Å². The van der Waals surface area contributed by atoms with Crippen LogP contribution in [-0.4, -0.2) is 24.2 Å². The Hall–Kier alpha value is -2.21. The molecule has 0 aliphatic rings. The van der Waals surface area contributed by atoms with Crippen molar-refractivity contribution in [1.29, 1.82) is 0 Å². The second-order valence-electron chi connectivity index (χ2n) is 4.05.